The molecule has 0 atom stereocenters. The molecular formula is C10H9NO3S. The number of nitrogen functional groups attached to an aromatic ring is 1. The van der Waals surface area contributed by atoms with Crippen molar-refractivity contribution < 1.29 is 14.6 Å². The SMILES string of the molecule is Nc1cccc2ccc(SOOO)cc12. The van der Waals surface area contributed by atoms with E-state index < -0.39 is 0 Å². The van der Waals surface area contributed by atoms with Crippen molar-refractivity contribution >= 4 is 28.5 Å². The minimum atomic E-state index is 0.708. The van der Waals surface area contributed by atoms with E-state index in [2.05, 4.69) is 9.37 Å². The number of hydrogen-bond donors (Lipinski definition) is 2. The molecule has 78 valence electrons. The molecule has 0 saturated heterocycles. The minimum absolute atomic E-state index is 0.708. The summed E-state index contributed by atoms with van der Waals surface area (Å²) in [5.41, 5.74) is 6.53. The van der Waals surface area contributed by atoms with E-state index in [0.717, 1.165) is 27.7 Å². The number of hydrogen-bond acceptors (Lipinski definition) is 5. The van der Waals surface area contributed by atoms with Crippen LogP contribution in [0.1, 0.15) is 0 Å². The first-order valence-electron chi connectivity index (χ1n) is 4.24. The van der Waals surface area contributed by atoms with Gasteiger partial charge in [0.1, 0.15) is 0 Å². The third kappa shape index (κ3) is 2.21. The number of nitrogens with two attached hydrogens (primary N) is 1. The standard InChI is InChI=1S/C10H9NO3S/c11-10-3-1-2-7-4-5-8(6-9(7)10)15-14-13-12/h1-6,12H,11H2. The Morgan fingerprint density at radius 3 is 2.87 bits per heavy atom. The van der Waals surface area contributed by atoms with E-state index in [1.807, 2.05) is 36.4 Å². The Morgan fingerprint density at radius 1 is 1.20 bits per heavy atom. The van der Waals surface area contributed by atoms with Gasteiger partial charge >= 0.3 is 0 Å². The highest BCUT2D eigenvalue weighted by atomic mass is 32.2. The Bertz CT molecular complexity index is 475. The summed E-state index contributed by atoms with van der Waals surface area (Å²) in [6.07, 6.45) is 0. The Labute approximate surface area is 90.7 Å². The van der Waals surface area contributed by atoms with Crippen molar-refractivity contribution in [2.75, 3.05) is 5.73 Å². The summed E-state index contributed by atoms with van der Waals surface area (Å²) in [5, 5.41) is 13.6. The lowest BCUT2D eigenvalue weighted by atomic mass is 10.1. The van der Waals surface area contributed by atoms with Gasteiger partial charge in [0.05, 0.1) is 12.0 Å². The molecule has 0 bridgehead atoms. The van der Waals surface area contributed by atoms with E-state index >= 15 is 0 Å². The van der Waals surface area contributed by atoms with Crippen molar-refractivity contribution in [1.82, 2.24) is 0 Å². The molecule has 0 unspecified atom stereocenters. The predicted octanol–water partition coefficient (Wildman–Crippen LogP) is 2.85. The lowest BCUT2D eigenvalue weighted by Gasteiger charge is -2.03. The Morgan fingerprint density at radius 2 is 2.07 bits per heavy atom. The molecule has 0 heterocycles. The van der Waals surface area contributed by atoms with Crippen molar-refractivity contribution in [2.24, 2.45) is 0 Å². The van der Waals surface area contributed by atoms with Crippen molar-refractivity contribution in [2.45, 2.75) is 4.90 Å². The van der Waals surface area contributed by atoms with Crippen molar-refractivity contribution in [3.8, 4) is 0 Å². The van der Waals surface area contributed by atoms with Gasteiger partial charge < -0.3 is 5.73 Å². The van der Waals surface area contributed by atoms with Gasteiger partial charge in [0, 0.05) is 16.0 Å². The van der Waals surface area contributed by atoms with Gasteiger partial charge in [-0.3, -0.25) is 0 Å². The molecule has 0 saturated carbocycles. The highest BCUT2D eigenvalue weighted by molar-refractivity contribution is 7.94. The summed E-state index contributed by atoms with van der Waals surface area (Å²) in [4.78, 5) is 0.800. The van der Waals surface area contributed by atoms with Crippen LogP contribution in [0.3, 0.4) is 0 Å². The van der Waals surface area contributed by atoms with E-state index in [4.69, 9.17) is 11.0 Å². The van der Waals surface area contributed by atoms with E-state index in [9.17, 15) is 0 Å². The fourth-order valence-corrected chi connectivity index (χ4v) is 1.78. The molecule has 5 heteroatoms. The molecule has 4 nitrogen and oxygen atoms in total. The van der Waals surface area contributed by atoms with E-state index in [0.29, 0.717) is 5.69 Å². The Hall–Kier alpha value is -1.27. The number of benzene rings is 2. The molecule has 2 aromatic rings. The molecule has 15 heavy (non-hydrogen) atoms. The lowest BCUT2D eigenvalue weighted by molar-refractivity contribution is -0.432. The second-order valence-electron chi connectivity index (χ2n) is 2.96. The fraction of sp³-hybridized carbons (Fsp3) is 0. The average molecular weight is 223 g/mol. The third-order valence-corrected chi connectivity index (χ3v) is 2.62. The van der Waals surface area contributed by atoms with Crippen LogP contribution in [0.4, 0.5) is 5.69 Å². The monoisotopic (exact) mass is 223 g/mol. The van der Waals surface area contributed by atoms with Gasteiger partial charge in [-0.25, -0.2) is 5.26 Å². The first-order chi connectivity index (χ1) is 7.31. The quantitative estimate of drug-likeness (QED) is 0.362. The summed E-state index contributed by atoms with van der Waals surface area (Å²) in [6, 6.07) is 11.4. The maximum Gasteiger partial charge on any atom is 0.0714 e. The second-order valence-corrected chi connectivity index (χ2v) is 3.73. The van der Waals surface area contributed by atoms with Crippen LogP contribution >= 0.6 is 12.0 Å². The topological polar surface area (TPSA) is 64.7 Å². The van der Waals surface area contributed by atoms with E-state index in [-0.39, 0.29) is 0 Å². The lowest BCUT2D eigenvalue weighted by Crippen LogP contribution is -1.86. The van der Waals surface area contributed by atoms with Crippen LogP contribution in [0.25, 0.3) is 10.8 Å². The first-order valence-corrected chi connectivity index (χ1v) is 4.98. The molecule has 0 fully saturated rings. The summed E-state index contributed by atoms with van der Waals surface area (Å²) in [6.45, 7) is 0. The van der Waals surface area contributed by atoms with Crippen molar-refractivity contribution in [1.29, 1.82) is 0 Å². The summed E-state index contributed by atoms with van der Waals surface area (Å²) in [7, 11) is 0. The third-order valence-electron chi connectivity index (χ3n) is 2.05. The van der Waals surface area contributed by atoms with Crippen LogP contribution in [0, 0.1) is 0 Å². The molecule has 3 N–H and O–H groups in total. The summed E-state index contributed by atoms with van der Waals surface area (Å²) >= 11 is 0.916. The van der Waals surface area contributed by atoms with E-state index in [1.54, 1.807) is 0 Å². The largest absolute Gasteiger partial charge is 0.398 e. The zero-order valence-electron chi connectivity index (χ0n) is 7.71. The molecule has 0 radical (unpaired) electrons. The van der Waals surface area contributed by atoms with Gasteiger partial charge in [0.15, 0.2) is 0 Å². The van der Waals surface area contributed by atoms with Crippen LogP contribution in [-0.2, 0) is 9.37 Å². The highest BCUT2D eigenvalue weighted by Crippen LogP contribution is 2.27. The minimum Gasteiger partial charge on any atom is -0.398 e. The van der Waals surface area contributed by atoms with Crippen LogP contribution < -0.4 is 5.73 Å². The van der Waals surface area contributed by atoms with Crippen LogP contribution in [-0.4, -0.2) is 5.26 Å². The molecule has 0 aromatic heterocycles. The van der Waals surface area contributed by atoms with E-state index in [1.165, 1.54) is 0 Å². The molecule has 2 rings (SSSR count). The van der Waals surface area contributed by atoms with Gasteiger partial charge in [-0.2, -0.15) is 0 Å². The first kappa shape index (κ1) is 10.3. The Balaban J connectivity index is 2.41. The average Bonchev–Trinajstić information content (AvgIpc) is 2.27. The van der Waals surface area contributed by atoms with Gasteiger partial charge in [-0.1, -0.05) is 23.2 Å². The molecular weight excluding hydrogens is 214 g/mol. The normalized spacial score (nSPS) is 10.7. The maximum absolute atomic E-state index is 8.03. The fourth-order valence-electron chi connectivity index (χ4n) is 1.38. The molecule has 0 amide bonds. The second kappa shape index (κ2) is 4.50. The predicted molar refractivity (Wildman–Crippen MR) is 59.0 cm³/mol. The zero-order valence-corrected chi connectivity index (χ0v) is 8.53. The van der Waals surface area contributed by atoms with Crippen molar-refractivity contribution in [3.63, 3.8) is 0 Å². The smallest absolute Gasteiger partial charge is 0.0714 e. The van der Waals surface area contributed by atoms with Crippen LogP contribution in [0.2, 0.25) is 0 Å². The Kier molecular flexibility index (Phi) is 3.08. The maximum atomic E-state index is 8.03. The van der Waals surface area contributed by atoms with Gasteiger partial charge in [-0.15, -0.1) is 4.33 Å². The van der Waals surface area contributed by atoms with Gasteiger partial charge in [-0.05, 0) is 23.6 Å². The van der Waals surface area contributed by atoms with Crippen LogP contribution in [0.15, 0.2) is 41.3 Å². The zero-order chi connectivity index (χ0) is 10.7. The number of anilines is 1. The molecule has 0 aliphatic rings. The molecule has 0 aliphatic heterocycles. The van der Waals surface area contributed by atoms with Crippen LogP contribution in [0.5, 0.6) is 0 Å². The molecule has 2 aromatic carbocycles. The molecule has 0 aliphatic carbocycles. The summed E-state index contributed by atoms with van der Waals surface area (Å²) < 4.78 is 4.34. The number of rotatable bonds is 3. The number of fused-ring (bicyclic) bond motifs is 1. The highest BCUT2D eigenvalue weighted by Gasteiger charge is 2.01. The molecule has 0 spiro atoms. The van der Waals surface area contributed by atoms with Crippen molar-refractivity contribution in [3.05, 3.63) is 36.4 Å². The van der Waals surface area contributed by atoms with Gasteiger partial charge in [0.2, 0.25) is 0 Å². The van der Waals surface area contributed by atoms with Gasteiger partial charge in [0.25, 0.3) is 0 Å². The summed E-state index contributed by atoms with van der Waals surface area (Å²) in [5.74, 6) is 0.